The highest BCUT2D eigenvalue weighted by atomic mass is 14.7. The standard InChI is InChI=1S/C40H26.C6H8N2.C3H8/c1-25-9-8-12-26(21-25)29-17-19-31-30(22-29)18-20-34-35-23-27-10-2-3-11-28(27)24-38(35)40(39(31)34)36-15-6-4-13-32(36)33-14-5-7-16-37(33)40;7-5-3-1-2-4-6(5)8;1-3-2/h2-24H,1H3;1-4H,7-8H2;3H2,1-2H3. The van der Waals surface area contributed by atoms with Gasteiger partial charge in [0, 0.05) is 0 Å². The summed E-state index contributed by atoms with van der Waals surface area (Å²) < 4.78 is 0. The van der Waals surface area contributed by atoms with Gasteiger partial charge in [-0.1, -0.05) is 159 Å². The molecule has 0 bridgehead atoms. The summed E-state index contributed by atoms with van der Waals surface area (Å²) in [6, 6.07) is 59.7. The molecule has 0 radical (unpaired) electrons. The van der Waals surface area contributed by atoms with E-state index in [1.807, 2.05) is 12.1 Å². The topological polar surface area (TPSA) is 52.0 Å². The number of rotatable bonds is 1. The molecule has 4 N–H and O–H groups in total. The van der Waals surface area contributed by atoms with E-state index < -0.39 is 0 Å². The number of fused-ring (bicyclic) bond motifs is 13. The van der Waals surface area contributed by atoms with E-state index in [9.17, 15) is 0 Å². The monoisotopic (exact) mass is 658 g/mol. The maximum atomic E-state index is 5.39. The lowest BCUT2D eigenvalue weighted by Crippen LogP contribution is -2.26. The van der Waals surface area contributed by atoms with E-state index in [2.05, 4.69) is 160 Å². The average molecular weight is 659 g/mol. The summed E-state index contributed by atoms with van der Waals surface area (Å²) in [6.45, 7) is 6.41. The summed E-state index contributed by atoms with van der Waals surface area (Å²) in [5.41, 5.74) is 26.5. The second-order valence-electron chi connectivity index (χ2n) is 13.7. The fraction of sp³-hybridized carbons (Fsp3) is 0.102. The van der Waals surface area contributed by atoms with Crippen molar-refractivity contribution in [3.05, 3.63) is 192 Å². The van der Waals surface area contributed by atoms with Crippen LogP contribution in [0.15, 0.2) is 164 Å². The van der Waals surface area contributed by atoms with Crippen LogP contribution in [-0.4, -0.2) is 0 Å². The van der Waals surface area contributed by atoms with Crippen LogP contribution < -0.4 is 11.5 Å². The largest absolute Gasteiger partial charge is 0.397 e. The maximum absolute atomic E-state index is 5.39. The van der Waals surface area contributed by atoms with E-state index in [4.69, 9.17) is 11.5 Å². The van der Waals surface area contributed by atoms with Crippen LogP contribution in [0, 0.1) is 6.92 Å². The van der Waals surface area contributed by atoms with Crippen molar-refractivity contribution in [3.63, 3.8) is 0 Å². The number of anilines is 2. The molecule has 8 aromatic carbocycles. The molecule has 2 nitrogen and oxygen atoms in total. The molecule has 0 aromatic heterocycles. The number of nitrogens with two attached hydrogens (primary N) is 2. The van der Waals surface area contributed by atoms with Crippen molar-refractivity contribution in [1.82, 2.24) is 0 Å². The normalized spacial score (nSPS) is 12.6. The summed E-state index contributed by atoms with van der Waals surface area (Å²) in [5.74, 6) is 0. The van der Waals surface area contributed by atoms with Crippen LogP contribution in [-0.2, 0) is 5.41 Å². The molecule has 2 aliphatic carbocycles. The Bertz CT molecular complexity index is 2510. The first kappa shape index (κ1) is 32.1. The SMILES string of the molecule is CCC.Cc1cccc(-c2ccc3c4c(ccc3c2)-c2cc3ccccc3cc2C42c3ccccc3-c3ccccc32)c1.Nc1ccccc1N. The van der Waals surface area contributed by atoms with Gasteiger partial charge < -0.3 is 11.5 Å². The number of para-hydroxylation sites is 2. The third-order valence-electron chi connectivity index (χ3n) is 10.3. The number of hydrogen-bond acceptors (Lipinski definition) is 2. The van der Waals surface area contributed by atoms with Gasteiger partial charge >= 0.3 is 0 Å². The zero-order valence-electron chi connectivity index (χ0n) is 29.5. The summed E-state index contributed by atoms with van der Waals surface area (Å²) in [6.07, 6.45) is 1.25. The van der Waals surface area contributed by atoms with Gasteiger partial charge in [0.05, 0.1) is 16.8 Å². The molecule has 10 rings (SSSR count). The minimum atomic E-state index is -0.355. The highest BCUT2D eigenvalue weighted by molar-refractivity contribution is 6.06. The third kappa shape index (κ3) is 5.18. The summed E-state index contributed by atoms with van der Waals surface area (Å²) in [7, 11) is 0. The molecule has 0 fully saturated rings. The Morgan fingerprint density at radius 3 is 1.63 bits per heavy atom. The smallest absolute Gasteiger partial charge is 0.0731 e. The first-order valence-electron chi connectivity index (χ1n) is 17.9. The zero-order chi connectivity index (χ0) is 35.1. The number of nitrogen functional groups attached to an aromatic ring is 2. The number of hydrogen-bond donors (Lipinski definition) is 2. The number of benzene rings is 8. The van der Waals surface area contributed by atoms with E-state index in [1.165, 1.54) is 89.2 Å². The van der Waals surface area contributed by atoms with Gasteiger partial charge in [-0.05, 0) is 114 Å². The predicted molar refractivity (Wildman–Crippen MR) is 219 cm³/mol. The lowest BCUT2D eigenvalue weighted by atomic mass is 9.69. The van der Waals surface area contributed by atoms with Crippen molar-refractivity contribution in [2.45, 2.75) is 32.6 Å². The van der Waals surface area contributed by atoms with Gasteiger partial charge in [0.2, 0.25) is 0 Å². The van der Waals surface area contributed by atoms with Crippen molar-refractivity contribution in [1.29, 1.82) is 0 Å². The van der Waals surface area contributed by atoms with E-state index >= 15 is 0 Å². The first-order chi connectivity index (χ1) is 24.9. The molecule has 0 saturated heterocycles. The Morgan fingerprint density at radius 1 is 0.431 bits per heavy atom. The van der Waals surface area contributed by atoms with Crippen LogP contribution >= 0.6 is 0 Å². The highest BCUT2D eigenvalue weighted by Gasteiger charge is 2.52. The molecule has 0 amide bonds. The molecule has 0 aliphatic heterocycles. The molecule has 248 valence electrons. The lowest BCUT2D eigenvalue weighted by Gasteiger charge is -2.31. The van der Waals surface area contributed by atoms with Gasteiger partial charge in [-0.2, -0.15) is 0 Å². The molecule has 0 heterocycles. The van der Waals surface area contributed by atoms with Gasteiger partial charge in [-0.3, -0.25) is 0 Å². The zero-order valence-corrected chi connectivity index (χ0v) is 29.5. The van der Waals surface area contributed by atoms with Crippen LogP contribution in [0.3, 0.4) is 0 Å². The van der Waals surface area contributed by atoms with Crippen LogP contribution in [0.4, 0.5) is 11.4 Å². The quantitative estimate of drug-likeness (QED) is 0.172. The van der Waals surface area contributed by atoms with E-state index in [-0.39, 0.29) is 5.41 Å². The van der Waals surface area contributed by atoms with Gasteiger partial charge in [0.15, 0.2) is 0 Å². The minimum Gasteiger partial charge on any atom is -0.397 e. The average Bonchev–Trinajstić information content (AvgIpc) is 3.62. The van der Waals surface area contributed by atoms with Gasteiger partial charge in [-0.25, -0.2) is 0 Å². The van der Waals surface area contributed by atoms with Crippen molar-refractivity contribution < 1.29 is 0 Å². The molecule has 1 spiro atoms. The second kappa shape index (κ2) is 13.0. The second-order valence-corrected chi connectivity index (χ2v) is 13.7. The highest BCUT2D eigenvalue weighted by Crippen LogP contribution is 2.64. The summed E-state index contributed by atoms with van der Waals surface area (Å²) in [5, 5.41) is 5.21. The van der Waals surface area contributed by atoms with Crippen LogP contribution in [0.5, 0.6) is 0 Å². The lowest BCUT2D eigenvalue weighted by molar-refractivity contribution is 0.802. The Kier molecular flexibility index (Phi) is 8.16. The predicted octanol–water partition coefficient (Wildman–Crippen LogP) is 12.6. The van der Waals surface area contributed by atoms with Crippen LogP contribution in [0.25, 0.3) is 54.9 Å². The summed E-state index contributed by atoms with van der Waals surface area (Å²) >= 11 is 0. The van der Waals surface area contributed by atoms with Gasteiger partial charge in [0.1, 0.15) is 0 Å². The molecule has 0 unspecified atom stereocenters. The minimum absolute atomic E-state index is 0.355. The van der Waals surface area contributed by atoms with E-state index in [0.29, 0.717) is 11.4 Å². The fourth-order valence-corrected chi connectivity index (χ4v) is 8.18. The Hall–Kier alpha value is -6.12. The molecule has 0 atom stereocenters. The van der Waals surface area contributed by atoms with Crippen molar-refractivity contribution in [3.8, 4) is 33.4 Å². The van der Waals surface area contributed by atoms with E-state index in [1.54, 1.807) is 12.1 Å². The molecular weight excluding hydrogens is 617 g/mol. The van der Waals surface area contributed by atoms with Crippen LogP contribution in [0.2, 0.25) is 0 Å². The Morgan fingerprint density at radius 2 is 1.00 bits per heavy atom. The summed E-state index contributed by atoms with van der Waals surface area (Å²) in [4.78, 5) is 0. The van der Waals surface area contributed by atoms with Crippen molar-refractivity contribution in [2.24, 2.45) is 0 Å². The van der Waals surface area contributed by atoms with Crippen molar-refractivity contribution in [2.75, 3.05) is 11.5 Å². The Labute approximate surface area is 301 Å². The third-order valence-corrected chi connectivity index (χ3v) is 10.3. The van der Waals surface area contributed by atoms with Gasteiger partial charge in [0.25, 0.3) is 0 Å². The fourth-order valence-electron chi connectivity index (χ4n) is 8.18. The van der Waals surface area contributed by atoms with Gasteiger partial charge in [-0.15, -0.1) is 0 Å². The molecule has 51 heavy (non-hydrogen) atoms. The first-order valence-corrected chi connectivity index (χ1v) is 17.9. The Balaban J connectivity index is 0.000000296. The maximum Gasteiger partial charge on any atom is 0.0731 e. The van der Waals surface area contributed by atoms with E-state index in [0.717, 1.165) is 0 Å². The molecule has 2 heteroatoms. The number of aryl methyl sites for hydroxylation is 1. The molecule has 0 saturated carbocycles. The molecule has 8 aromatic rings. The van der Waals surface area contributed by atoms with Crippen molar-refractivity contribution >= 4 is 32.9 Å². The molecule has 2 aliphatic rings. The molecular formula is C49H42N2. The van der Waals surface area contributed by atoms with Crippen LogP contribution in [0.1, 0.15) is 48.1 Å².